The van der Waals surface area contributed by atoms with Crippen LogP contribution in [0.4, 0.5) is 0 Å². The van der Waals surface area contributed by atoms with E-state index in [0.29, 0.717) is 5.56 Å². The summed E-state index contributed by atoms with van der Waals surface area (Å²) in [5.41, 5.74) is 0.970. The molecule has 1 aromatic carbocycles. The standard InChI is InChI=1S/C15H15ClN2O2/c1-9-5-3-4-6-10(9)11-12(16)17-14(20)18(13(11)19)15(2)7-8-15/h3-6H,7-8H2,1-2H3,(H,17,20). The van der Waals surface area contributed by atoms with Crippen LogP contribution in [0.3, 0.4) is 0 Å². The van der Waals surface area contributed by atoms with Gasteiger partial charge >= 0.3 is 5.69 Å². The molecule has 1 aromatic heterocycles. The summed E-state index contributed by atoms with van der Waals surface area (Å²) in [6.07, 6.45) is 1.68. The van der Waals surface area contributed by atoms with Crippen LogP contribution in [0.15, 0.2) is 33.9 Å². The lowest BCUT2D eigenvalue weighted by atomic mass is 10.0. The maximum Gasteiger partial charge on any atom is 0.330 e. The second-order valence-electron chi connectivity index (χ2n) is 5.57. The lowest BCUT2D eigenvalue weighted by Gasteiger charge is -2.15. The molecule has 1 N–H and O–H groups in total. The average Bonchev–Trinajstić information content (AvgIpc) is 3.09. The molecule has 1 saturated carbocycles. The number of aryl methyl sites for hydroxylation is 1. The van der Waals surface area contributed by atoms with E-state index in [9.17, 15) is 9.59 Å². The molecule has 1 heterocycles. The highest BCUT2D eigenvalue weighted by Crippen LogP contribution is 2.41. The Balaban J connectivity index is 2.36. The van der Waals surface area contributed by atoms with Crippen LogP contribution in [0, 0.1) is 6.92 Å². The predicted molar refractivity (Wildman–Crippen MR) is 79.4 cm³/mol. The summed E-state index contributed by atoms with van der Waals surface area (Å²) < 4.78 is 1.31. The Kier molecular flexibility index (Phi) is 2.87. The first kappa shape index (κ1) is 13.2. The smallest absolute Gasteiger partial charge is 0.297 e. The van der Waals surface area contributed by atoms with Crippen LogP contribution in [0.25, 0.3) is 11.1 Å². The van der Waals surface area contributed by atoms with Crippen molar-refractivity contribution in [2.24, 2.45) is 0 Å². The zero-order valence-corrected chi connectivity index (χ0v) is 12.1. The lowest BCUT2D eigenvalue weighted by Crippen LogP contribution is -2.41. The molecular formula is C15H15ClN2O2. The first-order valence-electron chi connectivity index (χ1n) is 6.55. The summed E-state index contributed by atoms with van der Waals surface area (Å²) >= 11 is 6.11. The molecule has 0 saturated heterocycles. The number of aromatic amines is 1. The van der Waals surface area contributed by atoms with Gasteiger partial charge in [0.1, 0.15) is 5.15 Å². The van der Waals surface area contributed by atoms with Gasteiger partial charge in [-0.1, -0.05) is 35.9 Å². The Bertz CT molecular complexity index is 800. The lowest BCUT2D eigenvalue weighted by molar-refractivity contribution is 0.487. The van der Waals surface area contributed by atoms with Gasteiger partial charge in [0.2, 0.25) is 0 Å². The van der Waals surface area contributed by atoms with Crippen LogP contribution < -0.4 is 11.2 Å². The minimum atomic E-state index is -0.433. The third-order valence-corrected chi connectivity index (χ3v) is 4.27. The molecule has 0 amide bonds. The second kappa shape index (κ2) is 4.35. The zero-order chi connectivity index (χ0) is 14.5. The monoisotopic (exact) mass is 290 g/mol. The number of nitrogens with zero attached hydrogens (tertiary/aromatic N) is 1. The summed E-state index contributed by atoms with van der Waals surface area (Å²) in [5, 5.41) is 0.106. The number of H-pyrrole nitrogens is 1. The molecule has 5 heteroatoms. The van der Waals surface area contributed by atoms with Crippen LogP contribution >= 0.6 is 11.6 Å². The normalized spacial score (nSPS) is 16.1. The van der Waals surface area contributed by atoms with Crippen molar-refractivity contribution >= 4 is 11.6 Å². The maximum absolute atomic E-state index is 12.7. The van der Waals surface area contributed by atoms with Crippen LogP contribution in [0.2, 0.25) is 5.15 Å². The molecule has 1 fully saturated rings. The molecule has 1 aliphatic rings. The minimum absolute atomic E-state index is 0.106. The van der Waals surface area contributed by atoms with E-state index < -0.39 is 5.69 Å². The third kappa shape index (κ3) is 1.91. The van der Waals surface area contributed by atoms with E-state index in [4.69, 9.17) is 11.6 Å². The van der Waals surface area contributed by atoms with Gasteiger partial charge in [0.25, 0.3) is 5.56 Å². The molecule has 0 bridgehead atoms. The van der Waals surface area contributed by atoms with E-state index >= 15 is 0 Å². The number of benzene rings is 1. The fourth-order valence-electron chi connectivity index (χ4n) is 2.49. The minimum Gasteiger partial charge on any atom is -0.297 e. The summed E-state index contributed by atoms with van der Waals surface area (Å²) in [6.45, 7) is 3.83. The van der Waals surface area contributed by atoms with E-state index in [1.807, 2.05) is 38.1 Å². The number of rotatable bonds is 2. The van der Waals surface area contributed by atoms with Crippen molar-refractivity contribution in [3.8, 4) is 11.1 Å². The van der Waals surface area contributed by atoms with Crippen LogP contribution in [0.5, 0.6) is 0 Å². The summed E-state index contributed by atoms with van der Waals surface area (Å²) in [4.78, 5) is 27.3. The maximum atomic E-state index is 12.7. The predicted octanol–water partition coefficient (Wildman–Crippen LogP) is 2.67. The molecule has 0 spiro atoms. The fraction of sp³-hybridized carbons (Fsp3) is 0.333. The fourth-order valence-corrected chi connectivity index (χ4v) is 2.76. The topological polar surface area (TPSA) is 54.9 Å². The highest BCUT2D eigenvalue weighted by atomic mass is 35.5. The first-order valence-corrected chi connectivity index (χ1v) is 6.93. The van der Waals surface area contributed by atoms with Crippen molar-refractivity contribution < 1.29 is 0 Å². The van der Waals surface area contributed by atoms with Crippen molar-refractivity contribution in [2.75, 3.05) is 0 Å². The molecule has 20 heavy (non-hydrogen) atoms. The van der Waals surface area contributed by atoms with Gasteiger partial charge in [-0.25, -0.2) is 4.79 Å². The zero-order valence-electron chi connectivity index (χ0n) is 11.4. The van der Waals surface area contributed by atoms with E-state index in [1.165, 1.54) is 4.57 Å². The summed E-state index contributed by atoms with van der Waals surface area (Å²) in [6, 6.07) is 7.51. The number of halogens is 1. The number of nitrogens with one attached hydrogen (secondary N) is 1. The van der Waals surface area contributed by atoms with Crippen LogP contribution in [0.1, 0.15) is 25.3 Å². The third-order valence-electron chi connectivity index (χ3n) is 3.98. The van der Waals surface area contributed by atoms with Crippen molar-refractivity contribution in [1.29, 1.82) is 0 Å². The summed E-state index contributed by atoms with van der Waals surface area (Å²) in [7, 11) is 0. The Morgan fingerprint density at radius 3 is 2.50 bits per heavy atom. The highest BCUT2D eigenvalue weighted by molar-refractivity contribution is 6.32. The quantitative estimate of drug-likeness (QED) is 0.865. The Morgan fingerprint density at radius 2 is 1.90 bits per heavy atom. The molecule has 1 aliphatic carbocycles. The van der Waals surface area contributed by atoms with Gasteiger partial charge in [0.05, 0.1) is 11.1 Å². The molecule has 0 unspecified atom stereocenters. The van der Waals surface area contributed by atoms with Gasteiger partial charge in [-0.3, -0.25) is 14.3 Å². The molecule has 104 valence electrons. The number of hydrogen-bond donors (Lipinski definition) is 1. The molecule has 0 radical (unpaired) electrons. The van der Waals surface area contributed by atoms with Gasteiger partial charge in [0.15, 0.2) is 0 Å². The molecule has 2 aromatic rings. The van der Waals surface area contributed by atoms with E-state index in [0.717, 1.165) is 24.0 Å². The Labute approximate surface area is 121 Å². The largest absolute Gasteiger partial charge is 0.330 e. The van der Waals surface area contributed by atoms with E-state index in [2.05, 4.69) is 4.98 Å². The van der Waals surface area contributed by atoms with Crippen molar-refractivity contribution in [1.82, 2.24) is 9.55 Å². The van der Waals surface area contributed by atoms with Crippen LogP contribution in [-0.2, 0) is 5.54 Å². The molecular weight excluding hydrogens is 276 g/mol. The van der Waals surface area contributed by atoms with Gasteiger partial charge in [-0.15, -0.1) is 0 Å². The van der Waals surface area contributed by atoms with Crippen molar-refractivity contribution in [2.45, 2.75) is 32.2 Å². The Morgan fingerprint density at radius 1 is 1.25 bits per heavy atom. The number of hydrogen-bond acceptors (Lipinski definition) is 2. The van der Waals surface area contributed by atoms with E-state index in [1.54, 1.807) is 0 Å². The molecule has 0 atom stereocenters. The van der Waals surface area contributed by atoms with Gasteiger partial charge in [0, 0.05) is 0 Å². The van der Waals surface area contributed by atoms with Crippen molar-refractivity contribution in [3.63, 3.8) is 0 Å². The first-order chi connectivity index (χ1) is 9.44. The average molecular weight is 291 g/mol. The van der Waals surface area contributed by atoms with E-state index in [-0.39, 0.29) is 16.3 Å². The molecule has 3 rings (SSSR count). The van der Waals surface area contributed by atoms with Crippen LogP contribution in [-0.4, -0.2) is 9.55 Å². The SMILES string of the molecule is Cc1ccccc1-c1c(Cl)[nH]c(=O)n(C2(C)CC2)c1=O. The highest BCUT2D eigenvalue weighted by Gasteiger charge is 2.42. The van der Waals surface area contributed by atoms with Gasteiger partial charge in [-0.2, -0.15) is 0 Å². The van der Waals surface area contributed by atoms with Crippen molar-refractivity contribution in [3.05, 3.63) is 55.8 Å². The summed E-state index contributed by atoms with van der Waals surface area (Å²) in [5.74, 6) is 0. The van der Waals surface area contributed by atoms with Gasteiger partial charge in [-0.05, 0) is 37.8 Å². The second-order valence-corrected chi connectivity index (χ2v) is 5.95. The molecule has 0 aliphatic heterocycles. The van der Waals surface area contributed by atoms with Gasteiger partial charge < -0.3 is 0 Å². The molecule has 4 nitrogen and oxygen atoms in total. The Hall–Kier alpha value is -1.81. The number of aromatic nitrogens is 2.